The van der Waals surface area contributed by atoms with Crippen molar-refractivity contribution in [1.29, 1.82) is 0 Å². The molecule has 0 aliphatic rings. The van der Waals surface area contributed by atoms with Crippen LogP contribution in [0.4, 0.5) is 5.69 Å². The normalized spacial score (nSPS) is 13.7. The predicted octanol–water partition coefficient (Wildman–Crippen LogP) is 3.23. The molecule has 2 unspecified atom stereocenters. The van der Waals surface area contributed by atoms with Crippen molar-refractivity contribution in [3.8, 4) is 0 Å². The molecule has 0 saturated carbocycles. The maximum atomic E-state index is 11.3. The molecule has 0 bridgehead atoms. The molecule has 2 atom stereocenters. The molecule has 0 amide bonds. The first kappa shape index (κ1) is 15.7. The van der Waals surface area contributed by atoms with E-state index < -0.39 is 10.8 Å². The SMILES string of the molecule is CC(Nc1cccc(CS(C)=O)c1)c1cccc(CO)c1. The van der Waals surface area contributed by atoms with Gasteiger partial charge in [-0.2, -0.15) is 0 Å². The lowest BCUT2D eigenvalue weighted by Gasteiger charge is -2.17. The van der Waals surface area contributed by atoms with Crippen molar-refractivity contribution >= 4 is 16.5 Å². The lowest BCUT2D eigenvalue weighted by Crippen LogP contribution is -2.07. The third kappa shape index (κ3) is 4.69. The molecule has 112 valence electrons. The molecule has 2 N–H and O–H groups in total. The molecule has 0 aliphatic carbocycles. The second kappa shape index (κ2) is 7.38. The molecule has 21 heavy (non-hydrogen) atoms. The molecule has 3 nitrogen and oxygen atoms in total. The van der Waals surface area contributed by atoms with Crippen molar-refractivity contribution in [3.05, 3.63) is 65.2 Å². The highest BCUT2D eigenvalue weighted by atomic mass is 32.2. The lowest BCUT2D eigenvalue weighted by atomic mass is 10.0. The number of aliphatic hydroxyl groups is 1. The molecule has 0 heterocycles. The Morgan fingerprint density at radius 2 is 1.86 bits per heavy atom. The predicted molar refractivity (Wildman–Crippen MR) is 88.6 cm³/mol. The number of rotatable bonds is 6. The van der Waals surface area contributed by atoms with Crippen LogP contribution in [-0.4, -0.2) is 15.6 Å². The van der Waals surface area contributed by atoms with Gasteiger partial charge in [0, 0.05) is 34.5 Å². The summed E-state index contributed by atoms with van der Waals surface area (Å²) < 4.78 is 11.3. The third-order valence-electron chi connectivity index (χ3n) is 3.31. The van der Waals surface area contributed by atoms with Crippen molar-refractivity contribution in [3.63, 3.8) is 0 Å². The van der Waals surface area contributed by atoms with Gasteiger partial charge >= 0.3 is 0 Å². The molecule has 4 heteroatoms. The third-order valence-corrected chi connectivity index (χ3v) is 4.05. The Balaban J connectivity index is 2.11. The fourth-order valence-electron chi connectivity index (χ4n) is 2.28. The zero-order valence-electron chi connectivity index (χ0n) is 12.4. The van der Waals surface area contributed by atoms with Crippen LogP contribution in [0, 0.1) is 0 Å². The minimum atomic E-state index is -0.833. The second-order valence-electron chi connectivity index (χ2n) is 5.19. The van der Waals surface area contributed by atoms with Gasteiger partial charge in [0.2, 0.25) is 0 Å². The van der Waals surface area contributed by atoms with E-state index in [1.54, 1.807) is 6.26 Å². The van der Waals surface area contributed by atoms with E-state index in [2.05, 4.69) is 12.2 Å². The highest BCUT2D eigenvalue weighted by Crippen LogP contribution is 2.21. The van der Waals surface area contributed by atoms with Gasteiger partial charge in [0.25, 0.3) is 0 Å². The molecule has 0 aromatic heterocycles. The van der Waals surface area contributed by atoms with Crippen molar-refractivity contribution in [2.75, 3.05) is 11.6 Å². The average molecular weight is 303 g/mol. The summed E-state index contributed by atoms with van der Waals surface area (Å²) in [6.45, 7) is 2.14. The van der Waals surface area contributed by atoms with Crippen LogP contribution in [0.25, 0.3) is 0 Å². The van der Waals surface area contributed by atoms with Crippen LogP contribution in [0.3, 0.4) is 0 Å². The maximum absolute atomic E-state index is 11.3. The number of hydrogen-bond donors (Lipinski definition) is 2. The van der Waals surface area contributed by atoms with E-state index in [9.17, 15) is 9.32 Å². The Morgan fingerprint density at radius 3 is 2.57 bits per heavy atom. The van der Waals surface area contributed by atoms with Crippen LogP contribution in [0.1, 0.15) is 29.7 Å². The average Bonchev–Trinajstić information content (AvgIpc) is 2.47. The quantitative estimate of drug-likeness (QED) is 0.861. The standard InChI is InChI=1S/C17H21NO2S/c1-13(16-7-3-5-14(9-16)11-19)18-17-8-4-6-15(10-17)12-21(2)20/h3-10,13,18-19H,11-12H2,1-2H3. The minimum absolute atomic E-state index is 0.0539. The number of anilines is 1. The van der Waals surface area contributed by atoms with Crippen LogP contribution in [0.5, 0.6) is 0 Å². The van der Waals surface area contributed by atoms with E-state index in [0.29, 0.717) is 5.75 Å². The first-order chi connectivity index (χ1) is 10.1. The van der Waals surface area contributed by atoms with Crippen molar-refractivity contribution in [1.82, 2.24) is 0 Å². The van der Waals surface area contributed by atoms with Crippen molar-refractivity contribution in [2.24, 2.45) is 0 Å². The highest BCUT2D eigenvalue weighted by molar-refractivity contribution is 7.83. The molecule has 0 fully saturated rings. The van der Waals surface area contributed by atoms with Gasteiger partial charge in [-0.25, -0.2) is 0 Å². The summed E-state index contributed by atoms with van der Waals surface area (Å²) in [5.74, 6) is 0.573. The van der Waals surface area contributed by atoms with Gasteiger partial charge in [0.1, 0.15) is 0 Å². The van der Waals surface area contributed by atoms with E-state index in [0.717, 1.165) is 22.4 Å². The van der Waals surface area contributed by atoms with Crippen molar-refractivity contribution in [2.45, 2.75) is 25.3 Å². The summed E-state index contributed by atoms with van der Waals surface area (Å²) in [6, 6.07) is 16.1. The zero-order valence-corrected chi connectivity index (χ0v) is 13.2. The molecule has 2 aromatic carbocycles. The summed E-state index contributed by atoms with van der Waals surface area (Å²) in [4.78, 5) is 0. The number of benzene rings is 2. The van der Waals surface area contributed by atoms with Gasteiger partial charge in [0.15, 0.2) is 0 Å². The Labute approximate surface area is 128 Å². The van der Waals surface area contributed by atoms with Gasteiger partial charge in [-0.3, -0.25) is 4.21 Å². The van der Waals surface area contributed by atoms with E-state index in [4.69, 9.17) is 0 Å². The van der Waals surface area contributed by atoms with Crippen molar-refractivity contribution < 1.29 is 9.32 Å². The first-order valence-electron chi connectivity index (χ1n) is 6.93. The van der Waals surface area contributed by atoms with E-state index in [-0.39, 0.29) is 12.6 Å². The first-order valence-corrected chi connectivity index (χ1v) is 8.66. The van der Waals surface area contributed by atoms with Gasteiger partial charge in [-0.15, -0.1) is 0 Å². The van der Waals surface area contributed by atoms with Gasteiger partial charge in [0.05, 0.1) is 6.61 Å². The Bertz CT molecular complexity index is 628. The Hall–Kier alpha value is -1.65. The number of aliphatic hydroxyl groups excluding tert-OH is 1. The number of hydrogen-bond acceptors (Lipinski definition) is 3. The van der Waals surface area contributed by atoms with E-state index in [1.807, 2.05) is 48.5 Å². The smallest absolute Gasteiger partial charge is 0.0681 e. The van der Waals surface area contributed by atoms with E-state index >= 15 is 0 Å². The summed E-state index contributed by atoms with van der Waals surface area (Å²) in [7, 11) is -0.833. The van der Waals surface area contributed by atoms with Gasteiger partial charge in [-0.05, 0) is 35.7 Å². The largest absolute Gasteiger partial charge is 0.392 e. The lowest BCUT2D eigenvalue weighted by molar-refractivity contribution is 0.281. The topological polar surface area (TPSA) is 49.3 Å². The van der Waals surface area contributed by atoms with Gasteiger partial charge in [-0.1, -0.05) is 36.4 Å². The zero-order chi connectivity index (χ0) is 15.2. The molecule has 0 aliphatic heterocycles. The van der Waals surface area contributed by atoms with Crippen LogP contribution >= 0.6 is 0 Å². The number of nitrogens with one attached hydrogen (secondary N) is 1. The van der Waals surface area contributed by atoms with Crippen LogP contribution < -0.4 is 5.32 Å². The Kier molecular flexibility index (Phi) is 5.53. The summed E-state index contributed by atoms with van der Waals surface area (Å²) in [6.07, 6.45) is 1.71. The summed E-state index contributed by atoms with van der Waals surface area (Å²) in [5, 5.41) is 12.6. The molecule has 0 saturated heterocycles. The molecule has 2 aromatic rings. The molecular formula is C17H21NO2S. The second-order valence-corrected chi connectivity index (χ2v) is 6.62. The fraction of sp³-hybridized carbons (Fsp3) is 0.294. The molecule has 0 radical (unpaired) electrons. The highest BCUT2D eigenvalue weighted by Gasteiger charge is 2.06. The van der Waals surface area contributed by atoms with Crippen LogP contribution in [-0.2, 0) is 23.2 Å². The minimum Gasteiger partial charge on any atom is -0.392 e. The Morgan fingerprint density at radius 1 is 1.14 bits per heavy atom. The van der Waals surface area contributed by atoms with Crippen LogP contribution in [0.2, 0.25) is 0 Å². The summed E-state index contributed by atoms with van der Waals surface area (Å²) >= 11 is 0. The van der Waals surface area contributed by atoms with E-state index in [1.165, 1.54) is 0 Å². The monoisotopic (exact) mass is 303 g/mol. The summed E-state index contributed by atoms with van der Waals surface area (Å²) in [5.41, 5.74) is 4.12. The van der Waals surface area contributed by atoms with Crippen LogP contribution in [0.15, 0.2) is 48.5 Å². The molecule has 2 rings (SSSR count). The molecule has 0 spiro atoms. The van der Waals surface area contributed by atoms with Gasteiger partial charge < -0.3 is 10.4 Å². The maximum Gasteiger partial charge on any atom is 0.0681 e. The molecular weight excluding hydrogens is 282 g/mol. The fourth-order valence-corrected chi connectivity index (χ4v) is 2.93.